The van der Waals surface area contributed by atoms with Crippen LogP contribution in [0, 0.1) is 6.92 Å². The van der Waals surface area contributed by atoms with Gasteiger partial charge in [0.05, 0.1) is 23.1 Å². The molecule has 152 valence electrons. The van der Waals surface area contributed by atoms with Crippen molar-refractivity contribution in [1.29, 1.82) is 0 Å². The number of H-pyrrole nitrogens is 1. The Morgan fingerprint density at radius 2 is 1.83 bits per heavy atom. The molecule has 0 unspecified atom stereocenters. The van der Waals surface area contributed by atoms with E-state index in [1.165, 1.54) is 4.57 Å². The zero-order valence-electron chi connectivity index (χ0n) is 17.1. The molecule has 0 amide bonds. The third-order valence-corrected chi connectivity index (χ3v) is 4.79. The minimum absolute atomic E-state index is 0.152. The van der Waals surface area contributed by atoms with Gasteiger partial charge in [-0.15, -0.1) is 0 Å². The average Bonchev–Trinajstić information content (AvgIpc) is 2.72. The molecule has 0 fully saturated rings. The lowest BCUT2D eigenvalue weighted by Gasteiger charge is -2.08. The van der Waals surface area contributed by atoms with Gasteiger partial charge in [-0.05, 0) is 36.6 Å². The number of aromatic nitrogens is 4. The second kappa shape index (κ2) is 7.90. The second-order valence-corrected chi connectivity index (χ2v) is 7.38. The molecule has 2 aromatic carbocycles. The van der Waals surface area contributed by atoms with E-state index in [4.69, 9.17) is 0 Å². The second-order valence-electron chi connectivity index (χ2n) is 7.38. The first-order valence-electron chi connectivity index (χ1n) is 9.62. The predicted molar refractivity (Wildman–Crippen MR) is 119 cm³/mol. The molecule has 0 aliphatic rings. The van der Waals surface area contributed by atoms with E-state index in [2.05, 4.69) is 19.9 Å². The smallest absolute Gasteiger partial charge is 0.330 e. The summed E-state index contributed by atoms with van der Waals surface area (Å²) in [7, 11) is 3.78. The van der Waals surface area contributed by atoms with E-state index < -0.39 is 11.2 Å². The lowest BCUT2D eigenvalue weighted by Crippen LogP contribution is -2.36. The Balaban J connectivity index is 1.79. The summed E-state index contributed by atoms with van der Waals surface area (Å²) in [6, 6.07) is 13.4. The van der Waals surface area contributed by atoms with E-state index in [0.29, 0.717) is 17.5 Å². The van der Waals surface area contributed by atoms with Crippen molar-refractivity contribution in [2.24, 2.45) is 4.99 Å². The number of benzene rings is 2. The van der Waals surface area contributed by atoms with Crippen molar-refractivity contribution in [2.75, 3.05) is 14.1 Å². The van der Waals surface area contributed by atoms with Crippen LogP contribution in [0.15, 0.2) is 57.0 Å². The molecule has 0 atom stereocenters. The molecular weight excluding hydrogens is 380 g/mol. The summed E-state index contributed by atoms with van der Waals surface area (Å²) in [6.45, 7) is 2.20. The molecule has 0 bridgehead atoms. The van der Waals surface area contributed by atoms with E-state index in [9.17, 15) is 9.59 Å². The molecule has 4 aromatic rings. The van der Waals surface area contributed by atoms with Gasteiger partial charge in [0.25, 0.3) is 5.56 Å². The van der Waals surface area contributed by atoms with Crippen molar-refractivity contribution in [1.82, 2.24) is 24.4 Å². The molecule has 0 aliphatic carbocycles. The highest BCUT2D eigenvalue weighted by atomic mass is 16.2. The van der Waals surface area contributed by atoms with Crippen LogP contribution in [0.5, 0.6) is 0 Å². The van der Waals surface area contributed by atoms with Crippen LogP contribution in [-0.4, -0.2) is 44.9 Å². The Bertz CT molecular complexity index is 1370. The van der Waals surface area contributed by atoms with Gasteiger partial charge in [-0.1, -0.05) is 30.3 Å². The van der Waals surface area contributed by atoms with Gasteiger partial charge in [0, 0.05) is 20.6 Å². The fraction of sp³-hybridized carbons (Fsp3) is 0.227. The first-order valence-corrected chi connectivity index (χ1v) is 9.62. The number of fused-ring (bicyclic) bond motifs is 2. The summed E-state index contributed by atoms with van der Waals surface area (Å²) in [5, 5.41) is 0. The van der Waals surface area contributed by atoms with Gasteiger partial charge >= 0.3 is 5.69 Å². The lowest BCUT2D eigenvalue weighted by atomic mass is 10.1. The zero-order valence-corrected chi connectivity index (χ0v) is 17.1. The molecule has 0 aliphatic heterocycles. The number of hydrogen-bond acceptors (Lipinski definition) is 5. The van der Waals surface area contributed by atoms with Crippen LogP contribution < -0.4 is 11.2 Å². The van der Waals surface area contributed by atoms with E-state index in [1.54, 1.807) is 12.4 Å². The maximum absolute atomic E-state index is 13.0. The fourth-order valence-corrected chi connectivity index (χ4v) is 3.23. The molecule has 0 saturated carbocycles. The molecule has 0 saturated heterocycles. The molecule has 1 N–H and O–H groups in total. The van der Waals surface area contributed by atoms with E-state index in [-0.39, 0.29) is 17.7 Å². The summed E-state index contributed by atoms with van der Waals surface area (Å²) in [5.74, 6) is 0. The molecular formula is C22H22N6O2. The van der Waals surface area contributed by atoms with Crippen molar-refractivity contribution in [3.63, 3.8) is 0 Å². The average molecular weight is 402 g/mol. The van der Waals surface area contributed by atoms with Gasteiger partial charge in [-0.2, -0.15) is 0 Å². The van der Waals surface area contributed by atoms with Crippen molar-refractivity contribution in [3.05, 3.63) is 74.4 Å². The van der Waals surface area contributed by atoms with Crippen LogP contribution in [0.4, 0.5) is 5.69 Å². The third-order valence-electron chi connectivity index (χ3n) is 4.79. The number of nitrogens with one attached hydrogen (secondary N) is 1. The van der Waals surface area contributed by atoms with E-state index >= 15 is 0 Å². The van der Waals surface area contributed by atoms with E-state index in [1.807, 2.05) is 62.3 Å². The number of aryl methyl sites for hydroxylation is 2. The van der Waals surface area contributed by atoms with Crippen LogP contribution in [0.2, 0.25) is 0 Å². The summed E-state index contributed by atoms with van der Waals surface area (Å²) >= 11 is 0. The minimum Gasteiger partial charge on any atom is -0.369 e. The van der Waals surface area contributed by atoms with Gasteiger partial charge in [0.1, 0.15) is 0 Å². The Hall–Kier alpha value is -3.81. The molecule has 2 aromatic heterocycles. The van der Waals surface area contributed by atoms with Gasteiger partial charge in [-0.3, -0.25) is 14.3 Å². The Labute approximate surface area is 172 Å². The monoisotopic (exact) mass is 402 g/mol. The first kappa shape index (κ1) is 19.5. The largest absolute Gasteiger partial charge is 0.369 e. The summed E-state index contributed by atoms with van der Waals surface area (Å²) in [6.07, 6.45) is 2.28. The van der Waals surface area contributed by atoms with Gasteiger partial charge in [-0.25, -0.2) is 19.8 Å². The maximum atomic E-state index is 13.0. The highest BCUT2D eigenvalue weighted by Crippen LogP contribution is 2.24. The van der Waals surface area contributed by atoms with E-state index in [0.717, 1.165) is 16.8 Å². The maximum Gasteiger partial charge on any atom is 0.330 e. The minimum atomic E-state index is -0.491. The third kappa shape index (κ3) is 3.84. The zero-order chi connectivity index (χ0) is 21.3. The Morgan fingerprint density at radius 1 is 1.10 bits per heavy atom. The van der Waals surface area contributed by atoms with Crippen LogP contribution in [0.1, 0.15) is 11.1 Å². The number of nitrogens with zero attached hydrogens (tertiary/aromatic N) is 5. The number of hydrogen-bond donors (Lipinski definition) is 1. The first-order chi connectivity index (χ1) is 14.4. The molecule has 8 nitrogen and oxygen atoms in total. The predicted octanol–water partition coefficient (Wildman–Crippen LogP) is 2.41. The Morgan fingerprint density at radius 3 is 2.57 bits per heavy atom. The highest BCUT2D eigenvalue weighted by molar-refractivity contribution is 5.87. The molecule has 2 heterocycles. The van der Waals surface area contributed by atoms with Gasteiger partial charge < -0.3 is 4.90 Å². The molecule has 0 spiro atoms. The summed E-state index contributed by atoms with van der Waals surface area (Å²) < 4.78 is 1.18. The van der Waals surface area contributed by atoms with Crippen molar-refractivity contribution < 1.29 is 0 Å². The van der Waals surface area contributed by atoms with Crippen LogP contribution >= 0.6 is 0 Å². The summed E-state index contributed by atoms with van der Waals surface area (Å²) in [5.41, 5.74) is 3.28. The fourth-order valence-electron chi connectivity index (χ4n) is 3.23. The number of aliphatic imine (C=N–C) groups is 1. The SMILES string of the molecule is Cc1cc2nc3c(=O)n(CCc4ccccc4)c(=O)[nH]c3nc2cc1N=CN(C)C. The molecule has 30 heavy (non-hydrogen) atoms. The molecule has 8 heteroatoms. The van der Waals surface area contributed by atoms with Crippen LogP contribution in [0.25, 0.3) is 22.2 Å². The quantitative estimate of drug-likeness (QED) is 0.314. The highest BCUT2D eigenvalue weighted by Gasteiger charge is 2.13. The van der Waals surface area contributed by atoms with Crippen molar-refractivity contribution in [3.8, 4) is 0 Å². The van der Waals surface area contributed by atoms with Crippen molar-refractivity contribution in [2.45, 2.75) is 19.9 Å². The normalized spacial score (nSPS) is 11.6. The number of aromatic amines is 1. The molecule has 0 radical (unpaired) electrons. The van der Waals surface area contributed by atoms with Crippen LogP contribution in [-0.2, 0) is 13.0 Å². The Kier molecular flexibility index (Phi) is 5.14. The van der Waals surface area contributed by atoms with Gasteiger partial charge in [0.2, 0.25) is 0 Å². The van der Waals surface area contributed by atoms with Gasteiger partial charge in [0.15, 0.2) is 11.2 Å². The number of rotatable bonds is 5. The summed E-state index contributed by atoms with van der Waals surface area (Å²) in [4.78, 5) is 43.4. The van der Waals surface area contributed by atoms with Crippen LogP contribution in [0.3, 0.4) is 0 Å². The molecule has 4 rings (SSSR count). The standard InChI is InChI=1S/C22H22N6O2/c1-14-11-17-18(12-16(14)23-13-27(2)3)25-20-19(24-17)21(29)28(22(30)26-20)10-9-15-7-5-4-6-8-15/h4-8,11-13H,9-10H2,1-3H3,(H,25,26,30). The van der Waals surface area contributed by atoms with Crippen molar-refractivity contribution >= 4 is 34.2 Å². The lowest BCUT2D eigenvalue weighted by molar-refractivity contribution is 0.634. The topological polar surface area (TPSA) is 96.2 Å².